The Balaban J connectivity index is 1.69. The van der Waals surface area contributed by atoms with Crippen molar-refractivity contribution in [2.24, 2.45) is 0 Å². The largest absolute Gasteiger partial charge is 0.360 e. The van der Waals surface area contributed by atoms with E-state index in [1.165, 1.54) is 0 Å². The van der Waals surface area contributed by atoms with E-state index in [9.17, 15) is 4.79 Å². The summed E-state index contributed by atoms with van der Waals surface area (Å²) in [4.78, 5) is 12.1. The van der Waals surface area contributed by atoms with Crippen molar-refractivity contribution in [1.82, 2.24) is 0 Å². The zero-order valence-electron chi connectivity index (χ0n) is 12.6. The van der Waals surface area contributed by atoms with Crippen molar-refractivity contribution in [3.63, 3.8) is 0 Å². The van der Waals surface area contributed by atoms with E-state index in [0.717, 1.165) is 28.2 Å². The Labute approximate surface area is 144 Å². The lowest BCUT2D eigenvalue weighted by atomic mass is 9.86. The van der Waals surface area contributed by atoms with Gasteiger partial charge < -0.3 is 16.0 Å². The molecule has 23 heavy (non-hydrogen) atoms. The van der Waals surface area contributed by atoms with Crippen LogP contribution in [0.1, 0.15) is 31.1 Å². The SMILES string of the molecule is CC1(C)C(=O)Nc2cc3c(cc21)NC(c1ccc(Cl)c(Cl)c1)N3. The highest BCUT2D eigenvalue weighted by atomic mass is 35.5. The first-order chi connectivity index (χ1) is 10.9. The molecule has 0 fully saturated rings. The van der Waals surface area contributed by atoms with Crippen LogP contribution in [0.25, 0.3) is 0 Å². The van der Waals surface area contributed by atoms with Gasteiger partial charge in [0.25, 0.3) is 0 Å². The van der Waals surface area contributed by atoms with Crippen LogP contribution in [0, 0.1) is 0 Å². The highest BCUT2D eigenvalue weighted by Gasteiger charge is 2.39. The lowest BCUT2D eigenvalue weighted by Crippen LogP contribution is -2.26. The molecule has 2 aromatic rings. The Morgan fingerprint density at radius 1 is 0.957 bits per heavy atom. The maximum absolute atomic E-state index is 12.1. The number of amides is 1. The Morgan fingerprint density at radius 2 is 1.65 bits per heavy atom. The Hall–Kier alpha value is -1.91. The standard InChI is InChI=1S/C17H15Cl2N3O/c1-17(2)9-6-13-14(7-12(9)22-16(17)23)21-15(20-13)8-3-4-10(18)11(19)5-8/h3-7,15,20-21H,1-2H3,(H,22,23). The molecule has 0 spiro atoms. The summed E-state index contributed by atoms with van der Waals surface area (Å²) in [6.45, 7) is 3.86. The van der Waals surface area contributed by atoms with Gasteiger partial charge in [-0.15, -0.1) is 0 Å². The fourth-order valence-corrected chi connectivity index (χ4v) is 3.37. The molecule has 0 aliphatic carbocycles. The molecular formula is C17H15Cl2N3O. The number of nitrogens with one attached hydrogen (secondary N) is 3. The number of rotatable bonds is 1. The third-order valence-corrected chi connectivity index (χ3v) is 5.26. The van der Waals surface area contributed by atoms with Crippen LogP contribution in [0.15, 0.2) is 30.3 Å². The fraction of sp³-hybridized carbons (Fsp3) is 0.235. The quantitative estimate of drug-likeness (QED) is 0.697. The molecule has 1 unspecified atom stereocenters. The van der Waals surface area contributed by atoms with Crippen molar-refractivity contribution >= 4 is 46.2 Å². The zero-order chi connectivity index (χ0) is 16.4. The number of carbonyl (C=O) groups is 1. The van der Waals surface area contributed by atoms with E-state index in [-0.39, 0.29) is 12.1 Å². The van der Waals surface area contributed by atoms with Crippen LogP contribution in [0.3, 0.4) is 0 Å². The van der Waals surface area contributed by atoms with Crippen molar-refractivity contribution in [2.75, 3.05) is 16.0 Å². The summed E-state index contributed by atoms with van der Waals surface area (Å²) in [5.74, 6) is 0.0252. The maximum atomic E-state index is 12.1. The van der Waals surface area contributed by atoms with Gasteiger partial charge in [0.1, 0.15) is 6.17 Å². The molecule has 0 saturated carbocycles. The molecule has 2 aliphatic rings. The number of carbonyl (C=O) groups excluding carboxylic acids is 1. The Bertz CT molecular complexity index is 848. The predicted molar refractivity (Wildman–Crippen MR) is 94.5 cm³/mol. The smallest absolute Gasteiger partial charge is 0.234 e. The van der Waals surface area contributed by atoms with Gasteiger partial charge in [-0.2, -0.15) is 0 Å². The van der Waals surface area contributed by atoms with Gasteiger partial charge in [-0.3, -0.25) is 4.79 Å². The average Bonchev–Trinajstić information content (AvgIpc) is 3.00. The van der Waals surface area contributed by atoms with Crippen molar-refractivity contribution in [1.29, 1.82) is 0 Å². The topological polar surface area (TPSA) is 53.2 Å². The molecule has 2 aromatic carbocycles. The number of benzene rings is 2. The van der Waals surface area contributed by atoms with Gasteiger partial charge in [0, 0.05) is 5.69 Å². The third kappa shape index (κ3) is 2.17. The van der Waals surface area contributed by atoms with Crippen molar-refractivity contribution in [3.05, 3.63) is 51.5 Å². The Morgan fingerprint density at radius 3 is 2.35 bits per heavy atom. The van der Waals surface area contributed by atoms with Crippen LogP contribution in [0.5, 0.6) is 0 Å². The van der Waals surface area contributed by atoms with E-state index in [0.29, 0.717) is 10.0 Å². The summed E-state index contributed by atoms with van der Waals surface area (Å²) in [5, 5.41) is 10.8. The molecule has 2 heterocycles. The van der Waals surface area contributed by atoms with Gasteiger partial charge in [-0.1, -0.05) is 29.3 Å². The maximum Gasteiger partial charge on any atom is 0.234 e. The fourth-order valence-electron chi connectivity index (χ4n) is 3.07. The molecule has 6 heteroatoms. The zero-order valence-corrected chi connectivity index (χ0v) is 14.1. The second kappa shape index (κ2) is 4.79. The minimum absolute atomic E-state index is 0.0252. The molecule has 1 atom stereocenters. The lowest BCUT2D eigenvalue weighted by Gasteiger charge is -2.15. The minimum atomic E-state index is -0.520. The summed E-state index contributed by atoms with van der Waals surface area (Å²) < 4.78 is 0. The second-order valence-corrected chi connectivity index (χ2v) is 7.23. The second-order valence-electron chi connectivity index (χ2n) is 6.42. The summed E-state index contributed by atoms with van der Waals surface area (Å²) >= 11 is 12.1. The third-order valence-electron chi connectivity index (χ3n) is 4.52. The van der Waals surface area contributed by atoms with E-state index in [4.69, 9.17) is 23.2 Å². The van der Waals surface area contributed by atoms with E-state index in [2.05, 4.69) is 16.0 Å². The molecule has 0 bridgehead atoms. The normalized spacial score (nSPS) is 20.3. The van der Waals surface area contributed by atoms with Crippen LogP contribution in [-0.4, -0.2) is 5.91 Å². The van der Waals surface area contributed by atoms with E-state index in [1.807, 2.05) is 38.1 Å². The first-order valence-corrected chi connectivity index (χ1v) is 8.10. The first kappa shape index (κ1) is 14.7. The highest BCUT2D eigenvalue weighted by molar-refractivity contribution is 6.42. The first-order valence-electron chi connectivity index (χ1n) is 7.34. The van der Waals surface area contributed by atoms with Gasteiger partial charge >= 0.3 is 0 Å². The molecular weight excluding hydrogens is 333 g/mol. The van der Waals surface area contributed by atoms with Gasteiger partial charge in [0.2, 0.25) is 5.91 Å². The molecule has 0 saturated heterocycles. The number of hydrogen-bond donors (Lipinski definition) is 3. The Kier molecular flexibility index (Phi) is 3.06. The summed E-state index contributed by atoms with van der Waals surface area (Å²) in [6.07, 6.45) is -0.0823. The van der Waals surface area contributed by atoms with Crippen LogP contribution in [0.4, 0.5) is 17.1 Å². The summed E-state index contributed by atoms with van der Waals surface area (Å²) in [6, 6.07) is 9.58. The van der Waals surface area contributed by atoms with Crippen molar-refractivity contribution in [2.45, 2.75) is 25.4 Å². The van der Waals surface area contributed by atoms with Gasteiger partial charge in [-0.05, 0) is 49.2 Å². The van der Waals surface area contributed by atoms with E-state index < -0.39 is 5.41 Å². The molecule has 0 aromatic heterocycles. The molecule has 1 amide bonds. The average molecular weight is 348 g/mol. The van der Waals surface area contributed by atoms with Crippen LogP contribution < -0.4 is 16.0 Å². The minimum Gasteiger partial charge on any atom is -0.360 e. The molecule has 3 N–H and O–H groups in total. The van der Waals surface area contributed by atoms with Crippen molar-refractivity contribution < 1.29 is 4.79 Å². The van der Waals surface area contributed by atoms with Crippen LogP contribution >= 0.6 is 23.2 Å². The molecule has 4 rings (SSSR count). The number of hydrogen-bond acceptors (Lipinski definition) is 3. The van der Waals surface area contributed by atoms with Gasteiger partial charge in [0.05, 0.1) is 26.8 Å². The predicted octanol–water partition coefficient (Wildman–Crippen LogP) is 4.76. The van der Waals surface area contributed by atoms with Gasteiger partial charge in [-0.25, -0.2) is 0 Å². The van der Waals surface area contributed by atoms with Crippen LogP contribution in [0.2, 0.25) is 10.0 Å². The lowest BCUT2D eigenvalue weighted by molar-refractivity contribution is -0.119. The van der Waals surface area contributed by atoms with E-state index in [1.54, 1.807) is 6.07 Å². The molecule has 0 radical (unpaired) electrons. The van der Waals surface area contributed by atoms with Gasteiger partial charge in [0.15, 0.2) is 0 Å². The molecule has 2 aliphatic heterocycles. The summed E-state index contributed by atoms with van der Waals surface area (Å²) in [5.41, 5.74) is 4.28. The molecule has 118 valence electrons. The number of fused-ring (bicyclic) bond motifs is 2. The van der Waals surface area contributed by atoms with Crippen LogP contribution in [-0.2, 0) is 10.2 Å². The number of anilines is 3. The summed E-state index contributed by atoms with van der Waals surface area (Å²) in [7, 11) is 0. The van der Waals surface area contributed by atoms with Crippen molar-refractivity contribution in [3.8, 4) is 0 Å². The van der Waals surface area contributed by atoms with E-state index >= 15 is 0 Å². The number of halogens is 2. The monoisotopic (exact) mass is 347 g/mol. The highest BCUT2D eigenvalue weighted by Crippen LogP contribution is 2.45. The molecule has 4 nitrogen and oxygen atoms in total.